The van der Waals surface area contributed by atoms with Gasteiger partial charge in [0.15, 0.2) is 0 Å². The van der Waals surface area contributed by atoms with Crippen LogP contribution < -0.4 is 0 Å². The number of likely N-dealkylation sites (N-methyl/N-ethyl adjacent to an activating group) is 2. The van der Waals surface area contributed by atoms with Gasteiger partial charge >= 0.3 is 24.1 Å². The Morgan fingerprint density at radius 3 is 1.68 bits per heavy atom. The number of carboxylic acids is 2. The Bertz CT molecular complexity index is 1400. The summed E-state index contributed by atoms with van der Waals surface area (Å²) in [4.78, 5) is 48.8. The minimum absolute atomic E-state index is 0.0992. The molecule has 2 aromatic rings. The number of halogens is 4. The normalized spacial score (nSPS) is 12.3. The van der Waals surface area contributed by atoms with Gasteiger partial charge in [-0.25, -0.2) is 19.2 Å². The van der Waals surface area contributed by atoms with Gasteiger partial charge in [0.25, 0.3) is 0 Å². The largest absolute Gasteiger partial charge is 0.480 e. The third-order valence-electron chi connectivity index (χ3n) is 5.34. The van der Waals surface area contributed by atoms with E-state index >= 15 is 0 Å². The lowest BCUT2D eigenvalue weighted by Gasteiger charge is -2.28. The topological polar surface area (TPSA) is 134 Å². The zero-order valence-electron chi connectivity index (χ0n) is 25.6. The van der Waals surface area contributed by atoms with Gasteiger partial charge in [-0.05, 0) is 83.0 Å². The smallest absolute Gasteiger partial charge is 0.414 e. The summed E-state index contributed by atoms with van der Waals surface area (Å²) in [5, 5.41) is 20.0. The van der Waals surface area contributed by atoms with Gasteiger partial charge < -0.3 is 19.7 Å². The molecule has 242 valence electrons. The van der Waals surface area contributed by atoms with Gasteiger partial charge in [-0.15, -0.1) is 0 Å². The standard InChI is InChI=1S/C15H19Cl2NO4.C15H17Cl2NO4/c2*1-15(2,3)22-14(21)18(4)12(13(19)20)8-9-5-6-10(16)11(17)7-9/h5-7,12H,8H2,1-4H3,(H,19,20);5-8H,1-4H3,(H,19,20)/b;12-8-. The van der Waals surface area contributed by atoms with Crippen LogP contribution in [0.5, 0.6) is 0 Å². The van der Waals surface area contributed by atoms with Gasteiger partial charge in [0, 0.05) is 20.5 Å². The molecule has 1 atom stereocenters. The van der Waals surface area contributed by atoms with Crippen LogP contribution in [0.4, 0.5) is 9.59 Å². The maximum atomic E-state index is 12.0. The highest BCUT2D eigenvalue weighted by Gasteiger charge is 2.30. The van der Waals surface area contributed by atoms with E-state index in [1.54, 1.807) is 71.9 Å². The Hall–Kier alpha value is -3.18. The summed E-state index contributed by atoms with van der Waals surface area (Å²) in [7, 11) is 2.72. The lowest BCUT2D eigenvalue weighted by molar-refractivity contribution is -0.142. The van der Waals surface area contributed by atoms with Crippen molar-refractivity contribution in [2.75, 3.05) is 14.1 Å². The van der Waals surface area contributed by atoms with Crippen molar-refractivity contribution < 1.29 is 38.9 Å². The lowest BCUT2D eigenvalue weighted by Crippen LogP contribution is -2.46. The summed E-state index contributed by atoms with van der Waals surface area (Å²) in [5.74, 6) is -2.39. The van der Waals surface area contributed by atoms with E-state index in [1.807, 2.05) is 0 Å². The second-order valence-electron chi connectivity index (χ2n) is 11.4. The average Bonchev–Trinajstić information content (AvgIpc) is 2.87. The van der Waals surface area contributed by atoms with E-state index in [0.717, 1.165) is 9.80 Å². The number of hydrogen-bond donors (Lipinski definition) is 2. The number of hydrogen-bond acceptors (Lipinski definition) is 6. The Balaban J connectivity index is 0.000000440. The predicted molar refractivity (Wildman–Crippen MR) is 172 cm³/mol. The molecular formula is C30H36Cl4N2O8. The van der Waals surface area contributed by atoms with E-state index < -0.39 is 41.4 Å². The molecule has 0 aliphatic heterocycles. The summed E-state index contributed by atoms with van der Waals surface area (Å²) >= 11 is 23.5. The zero-order valence-corrected chi connectivity index (χ0v) is 28.6. The van der Waals surface area contributed by atoms with Gasteiger partial charge in [0.2, 0.25) is 0 Å². The minimum Gasteiger partial charge on any atom is -0.480 e. The molecule has 0 radical (unpaired) electrons. The minimum atomic E-state index is -1.26. The molecular weight excluding hydrogens is 658 g/mol. The van der Waals surface area contributed by atoms with Crippen molar-refractivity contribution in [3.05, 3.63) is 73.3 Å². The molecule has 0 heterocycles. The van der Waals surface area contributed by atoms with Crippen LogP contribution in [-0.2, 0) is 25.5 Å². The summed E-state index contributed by atoms with van der Waals surface area (Å²) in [5.41, 5.74) is -0.497. The molecule has 1 unspecified atom stereocenters. The number of carboxylic acid groups (broad SMARTS) is 2. The molecule has 2 rings (SSSR count). The molecule has 10 nitrogen and oxygen atoms in total. The van der Waals surface area contributed by atoms with Gasteiger partial charge in [-0.3, -0.25) is 9.80 Å². The van der Waals surface area contributed by atoms with Crippen molar-refractivity contribution in [1.82, 2.24) is 9.80 Å². The maximum absolute atomic E-state index is 12.0. The molecule has 0 spiro atoms. The summed E-state index contributed by atoms with van der Waals surface area (Å²) in [6.45, 7) is 10.2. The fraction of sp³-hybridized carbons (Fsp3) is 0.400. The summed E-state index contributed by atoms with van der Waals surface area (Å²) in [6, 6.07) is 8.44. The highest BCUT2D eigenvalue weighted by molar-refractivity contribution is 6.42. The molecule has 2 amide bonds. The van der Waals surface area contributed by atoms with E-state index in [9.17, 15) is 29.4 Å². The number of nitrogens with zero attached hydrogens (tertiary/aromatic N) is 2. The Labute approximate surface area is 277 Å². The molecule has 2 aromatic carbocycles. The first kappa shape index (κ1) is 38.8. The van der Waals surface area contributed by atoms with Crippen molar-refractivity contribution in [2.45, 2.75) is 65.2 Å². The number of benzene rings is 2. The van der Waals surface area contributed by atoms with Gasteiger partial charge in [0.1, 0.15) is 22.9 Å². The molecule has 0 bridgehead atoms. The van der Waals surface area contributed by atoms with E-state index in [2.05, 4.69) is 0 Å². The van der Waals surface area contributed by atoms with Gasteiger partial charge in [-0.2, -0.15) is 0 Å². The van der Waals surface area contributed by atoms with Crippen molar-refractivity contribution in [3.63, 3.8) is 0 Å². The Morgan fingerprint density at radius 2 is 1.25 bits per heavy atom. The third-order valence-corrected chi connectivity index (χ3v) is 6.82. The maximum Gasteiger partial charge on any atom is 0.414 e. The van der Waals surface area contributed by atoms with Crippen molar-refractivity contribution in [2.24, 2.45) is 0 Å². The fourth-order valence-electron chi connectivity index (χ4n) is 3.23. The van der Waals surface area contributed by atoms with Crippen LogP contribution in [-0.4, -0.2) is 75.5 Å². The number of carbonyl (C=O) groups is 4. The van der Waals surface area contributed by atoms with Gasteiger partial charge in [-0.1, -0.05) is 58.5 Å². The average molecular weight is 694 g/mol. The molecule has 0 aliphatic carbocycles. The van der Waals surface area contributed by atoms with E-state index in [0.29, 0.717) is 31.2 Å². The van der Waals surface area contributed by atoms with Crippen LogP contribution in [0.15, 0.2) is 42.1 Å². The van der Waals surface area contributed by atoms with E-state index in [4.69, 9.17) is 55.9 Å². The van der Waals surface area contributed by atoms with Crippen LogP contribution in [0.3, 0.4) is 0 Å². The molecule has 2 N–H and O–H groups in total. The number of ether oxygens (including phenoxy) is 2. The first-order chi connectivity index (χ1) is 20.0. The Kier molecular flexibility index (Phi) is 14.3. The monoisotopic (exact) mass is 692 g/mol. The second-order valence-corrected chi connectivity index (χ2v) is 13.1. The van der Waals surface area contributed by atoms with Crippen molar-refractivity contribution >= 4 is 76.6 Å². The predicted octanol–water partition coefficient (Wildman–Crippen LogP) is 8.14. The lowest BCUT2D eigenvalue weighted by atomic mass is 10.1. The molecule has 0 saturated carbocycles. The molecule has 0 saturated heterocycles. The summed E-state index contributed by atoms with van der Waals surface area (Å²) < 4.78 is 10.3. The Morgan fingerprint density at radius 1 is 0.773 bits per heavy atom. The number of aliphatic carboxylic acids is 2. The third kappa shape index (κ3) is 13.2. The zero-order chi connectivity index (χ0) is 34.2. The first-order valence-electron chi connectivity index (χ1n) is 13.0. The molecule has 14 heteroatoms. The van der Waals surface area contributed by atoms with Crippen LogP contribution in [0.2, 0.25) is 20.1 Å². The highest BCUT2D eigenvalue weighted by atomic mass is 35.5. The summed E-state index contributed by atoms with van der Waals surface area (Å²) in [6.07, 6.45) is -0.0441. The molecule has 44 heavy (non-hydrogen) atoms. The van der Waals surface area contributed by atoms with Crippen molar-refractivity contribution in [3.8, 4) is 0 Å². The molecule has 0 fully saturated rings. The number of rotatable bonds is 7. The first-order valence-corrected chi connectivity index (χ1v) is 14.5. The van der Waals surface area contributed by atoms with Gasteiger partial charge in [0.05, 0.1) is 20.1 Å². The molecule has 0 aliphatic rings. The van der Waals surface area contributed by atoms with Crippen LogP contribution >= 0.6 is 46.4 Å². The van der Waals surface area contributed by atoms with Crippen LogP contribution in [0.1, 0.15) is 52.7 Å². The van der Waals surface area contributed by atoms with Crippen molar-refractivity contribution in [1.29, 1.82) is 0 Å². The van der Waals surface area contributed by atoms with Crippen LogP contribution in [0.25, 0.3) is 6.08 Å². The van der Waals surface area contributed by atoms with Crippen LogP contribution in [0, 0.1) is 0 Å². The van der Waals surface area contributed by atoms with E-state index in [-0.39, 0.29) is 12.1 Å². The van der Waals surface area contributed by atoms with E-state index in [1.165, 1.54) is 26.2 Å². The number of amides is 2. The number of carbonyl (C=O) groups excluding carboxylic acids is 2. The quantitative estimate of drug-likeness (QED) is 0.278. The molecule has 0 aromatic heterocycles. The second kappa shape index (κ2) is 16.2. The highest BCUT2D eigenvalue weighted by Crippen LogP contribution is 2.25. The fourth-order valence-corrected chi connectivity index (χ4v) is 3.86. The SMILES string of the molecule is CN(C(=O)OC(C)(C)C)/C(=C\c1ccc(Cl)c(Cl)c1)C(=O)O.CN(C(=O)OC(C)(C)C)C(Cc1ccc(Cl)c(Cl)c1)C(=O)O.